The molecule has 0 aliphatic carbocycles. The highest BCUT2D eigenvalue weighted by atomic mass is 19.4. The van der Waals surface area contributed by atoms with Crippen LogP contribution in [0.15, 0.2) is 24.3 Å². The molecule has 2 unspecified atom stereocenters. The average molecular weight is 332 g/mol. The Morgan fingerprint density at radius 3 is 2.57 bits per heavy atom. The first-order valence-corrected chi connectivity index (χ1v) is 7.46. The summed E-state index contributed by atoms with van der Waals surface area (Å²) < 4.78 is 37.1. The van der Waals surface area contributed by atoms with E-state index in [2.05, 4.69) is 10.6 Å². The molecule has 2 amide bonds. The van der Waals surface area contributed by atoms with Crippen LogP contribution in [0.25, 0.3) is 0 Å². The van der Waals surface area contributed by atoms with Crippen LogP contribution >= 0.6 is 0 Å². The van der Waals surface area contributed by atoms with E-state index in [0.717, 1.165) is 6.42 Å². The fourth-order valence-electron chi connectivity index (χ4n) is 2.04. The van der Waals surface area contributed by atoms with E-state index in [9.17, 15) is 23.1 Å². The summed E-state index contributed by atoms with van der Waals surface area (Å²) in [5.41, 5.74) is -0.709. The molecule has 130 valence electrons. The molecule has 0 aliphatic heterocycles. The van der Waals surface area contributed by atoms with Gasteiger partial charge in [0, 0.05) is 12.2 Å². The zero-order valence-electron chi connectivity index (χ0n) is 13.5. The zero-order valence-corrected chi connectivity index (χ0v) is 13.5. The molecular formula is C16H23F3N2O2. The Kier molecular flexibility index (Phi) is 6.44. The van der Waals surface area contributed by atoms with Crippen LogP contribution in [-0.4, -0.2) is 29.5 Å². The van der Waals surface area contributed by atoms with Gasteiger partial charge in [-0.15, -0.1) is 0 Å². The Bertz CT molecular complexity index is 530. The molecule has 0 bridgehead atoms. The highest BCUT2D eigenvalue weighted by Crippen LogP contribution is 2.23. The number of rotatable bonds is 6. The fourth-order valence-corrected chi connectivity index (χ4v) is 2.04. The van der Waals surface area contributed by atoms with Crippen molar-refractivity contribution in [3.63, 3.8) is 0 Å². The molecular weight excluding hydrogens is 309 g/mol. The summed E-state index contributed by atoms with van der Waals surface area (Å²) in [6.45, 7) is 5.49. The third-order valence-electron chi connectivity index (χ3n) is 3.87. The van der Waals surface area contributed by atoms with E-state index in [1.54, 1.807) is 6.92 Å². The molecule has 1 rings (SSSR count). The summed E-state index contributed by atoms with van der Waals surface area (Å²) >= 11 is 0. The number of alkyl halides is 3. The third kappa shape index (κ3) is 6.90. The summed E-state index contributed by atoms with van der Waals surface area (Å²) in [4.78, 5) is 11.8. The van der Waals surface area contributed by atoms with Crippen LogP contribution in [0.5, 0.6) is 0 Å². The topological polar surface area (TPSA) is 61.4 Å². The van der Waals surface area contributed by atoms with Gasteiger partial charge in [-0.2, -0.15) is 13.2 Å². The van der Waals surface area contributed by atoms with Gasteiger partial charge in [-0.05, 0) is 30.5 Å². The Morgan fingerprint density at radius 1 is 1.35 bits per heavy atom. The standard InChI is InChI=1S/C16H23F3N2O2/c1-4-11(2)15(3,23)10-20-14(22)21-13-7-5-6-12(8-13)9-16(17,18)19/h5-8,11,23H,4,9-10H2,1-3H3,(H2,20,21,22). The number of carbonyl (C=O) groups excluding carboxylic acids is 1. The lowest BCUT2D eigenvalue weighted by Gasteiger charge is -2.29. The molecule has 0 saturated heterocycles. The lowest BCUT2D eigenvalue weighted by Crippen LogP contribution is -2.46. The van der Waals surface area contributed by atoms with Crippen LogP contribution in [0.1, 0.15) is 32.8 Å². The molecule has 1 aromatic rings. The average Bonchev–Trinajstić information content (AvgIpc) is 2.43. The monoisotopic (exact) mass is 332 g/mol. The Labute approximate surface area is 134 Å². The van der Waals surface area contributed by atoms with Gasteiger partial charge in [0.2, 0.25) is 0 Å². The maximum absolute atomic E-state index is 12.4. The van der Waals surface area contributed by atoms with Crippen molar-refractivity contribution in [2.45, 2.75) is 45.4 Å². The summed E-state index contributed by atoms with van der Waals surface area (Å²) in [5.74, 6) is -0.00193. The number of halogens is 3. The molecule has 0 aliphatic rings. The van der Waals surface area contributed by atoms with Crippen molar-refractivity contribution in [1.82, 2.24) is 5.32 Å². The maximum Gasteiger partial charge on any atom is 0.393 e. The van der Waals surface area contributed by atoms with Crippen molar-refractivity contribution in [3.05, 3.63) is 29.8 Å². The summed E-state index contributed by atoms with van der Waals surface area (Å²) in [7, 11) is 0. The lowest BCUT2D eigenvalue weighted by molar-refractivity contribution is -0.127. The minimum atomic E-state index is -4.30. The van der Waals surface area contributed by atoms with Crippen LogP contribution in [0.3, 0.4) is 0 Å². The van der Waals surface area contributed by atoms with Gasteiger partial charge in [-0.3, -0.25) is 0 Å². The van der Waals surface area contributed by atoms with E-state index in [-0.39, 0.29) is 23.7 Å². The van der Waals surface area contributed by atoms with E-state index in [0.29, 0.717) is 0 Å². The largest absolute Gasteiger partial charge is 0.393 e. The smallest absolute Gasteiger partial charge is 0.388 e. The highest BCUT2D eigenvalue weighted by molar-refractivity contribution is 5.89. The number of aliphatic hydroxyl groups is 1. The molecule has 23 heavy (non-hydrogen) atoms. The van der Waals surface area contributed by atoms with Crippen LogP contribution < -0.4 is 10.6 Å². The van der Waals surface area contributed by atoms with Crippen LogP contribution in [-0.2, 0) is 6.42 Å². The number of amides is 2. The number of urea groups is 1. The minimum Gasteiger partial charge on any atom is -0.388 e. The van der Waals surface area contributed by atoms with Gasteiger partial charge in [0.05, 0.1) is 12.0 Å². The maximum atomic E-state index is 12.4. The van der Waals surface area contributed by atoms with E-state index in [1.165, 1.54) is 24.3 Å². The van der Waals surface area contributed by atoms with E-state index < -0.39 is 24.2 Å². The van der Waals surface area contributed by atoms with E-state index in [4.69, 9.17) is 0 Å². The van der Waals surface area contributed by atoms with Gasteiger partial charge in [-0.1, -0.05) is 32.4 Å². The SMILES string of the molecule is CCC(C)C(C)(O)CNC(=O)Nc1cccc(CC(F)(F)F)c1. The number of carbonyl (C=O) groups is 1. The molecule has 0 heterocycles. The van der Waals surface area contributed by atoms with Gasteiger partial charge in [0.1, 0.15) is 0 Å². The second-order valence-corrected chi connectivity index (χ2v) is 5.97. The number of hydrogen-bond acceptors (Lipinski definition) is 2. The van der Waals surface area contributed by atoms with E-state index in [1.807, 2.05) is 13.8 Å². The van der Waals surface area contributed by atoms with Gasteiger partial charge in [0.15, 0.2) is 0 Å². The Balaban J connectivity index is 2.59. The Hall–Kier alpha value is -1.76. The molecule has 0 aromatic heterocycles. The quantitative estimate of drug-likeness (QED) is 0.744. The Morgan fingerprint density at radius 2 is 2.00 bits per heavy atom. The van der Waals surface area contributed by atoms with Gasteiger partial charge in [-0.25, -0.2) is 4.79 Å². The van der Waals surface area contributed by atoms with Crippen molar-refractivity contribution in [3.8, 4) is 0 Å². The van der Waals surface area contributed by atoms with Crippen molar-refractivity contribution >= 4 is 11.7 Å². The third-order valence-corrected chi connectivity index (χ3v) is 3.87. The summed E-state index contributed by atoms with van der Waals surface area (Å²) in [6.07, 6.45) is -4.58. The van der Waals surface area contributed by atoms with E-state index >= 15 is 0 Å². The first-order valence-electron chi connectivity index (χ1n) is 7.46. The van der Waals surface area contributed by atoms with Gasteiger partial charge >= 0.3 is 12.2 Å². The first-order chi connectivity index (χ1) is 10.5. The lowest BCUT2D eigenvalue weighted by atomic mass is 9.89. The molecule has 0 fully saturated rings. The first kappa shape index (κ1) is 19.3. The number of hydrogen-bond donors (Lipinski definition) is 3. The molecule has 0 saturated carbocycles. The van der Waals surface area contributed by atoms with Crippen LogP contribution in [0.2, 0.25) is 0 Å². The second kappa shape index (κ2) is 7.68. The van der Waals surface area contributed by atoms with Crippen molar-refractivity contribution in [2.75, 3.05) is 11.9 Å². The van der Waals surface area contributed by atoms with Gasteiger partial charge < -0.3 is 15.7 Å². The number of benzene rings is 1. The van der Waals surface area contributed by atoms with Gasteiger partial charge in [0.25, 0.3) is 0 Å². The van der Waals surface area contributed by atoms with Crippen LogP contribution in [0, 0.1) is 5.92 Å². The molecule has 0 radical (unpaired) electrons. The van der Waals surface area contributed by atoms with Crippen molar-refractivity contribution in [1.29, 1.82) is 0 Å². The number of anilines is 1. The van der Waals surface area contributed by atoms with Crippen molar-refractivity contribution < 1.29 is 23.1 Å². The molecule has 1 aromatic carbocycles. The molecule has 4 nitrogen and oxygen atoms in total. The fraction of sp³-hybridized carbons (Fsp3) is 0.562. The van der Waals surface area contributed by atoms with Crippen molar-refractivity contribution in [2.24, 2.45) is 5.92 Å². The predicted molar refractivity (Wildman–Crippen MR) is 83.3 cm³/mol. The second-order valence-electron chi connectivity index (χ2n) is 5.97. The zero-order chi connectivity index (χ0) is 17.7. The molecule has 7 heteroatoms. The molecule has 3 N–H and O–H groups in total. The normalized spacial score (nSPS) is 15.6. The predicted octanol–water partition coefficient (Wildman–Crippen LogP) is 3.71. The highest BCUT2D eigenvalue weighted by Gasteiger charge is 2.28. The summed E-state index contributed by atoms with van der Waals surface area (Å²) in [6, 6.07) is 5.01. The molecule has 2 atom stereocenters. The van der Waals surface area contributed by atoms with Crippen LogP contribution in [0.4, 0.5) is 23.7 Å². The summed E-state index contributed by atoms with van der Waals surface area (Å²) in [5, 5.41) is 15.2. The number of nitrogens with one attached hydrogen (secondary N) is 2. The molecule has 0 spiro atoms. The minimum absolute atomic E-state index is 0.00193.